The topological polar surface area (TPSA) is 51.2 Å². The summed E-state index contributed by atoms with van der Waals surface area (Å²) < 4.78 is 5.12. The Morgan fingerprint density at radius 2 is 1.81 bits per heavy atom. The number of hydrogen-bond acceptors (Lipinski definition) is 3. The number of anilines is 1. The Kier molecular flexibility index (Phi) is 10.9. The van der Waals surface area contributed by atoms with Gasteiger partial charge in [0.05, 0.1) is 5.69 Å². The molecule has 0 saturated carbocycles. The standard InChI is InChI=1S/C11H15ClN2O2.C4H9.Li/c1-7-8(5-6-13-9(7)12)14-10(15)16-11(2,3)4;1-4(2)3;/h5-6H,1-4H3,(H,13,14,15);1-3H3;/q;-1;+1. The Hall–Kier alpha value is -0.693. The van der Waals surface area contributed by atoms with Crippen LogP contribution in [0.25, 0.3) is 0 Å². The summed E-state index contributed by atoms with van der Waals surface area (Å²) >= 11 is 5.83. The molecule has 6 heteroatoms. The van der Waals surface area contributed by atoms with E-state index in [1.165, 1.54) is 12.1 Å². The van der Waals surface area contributed by atoms with Crippen molar-refractivity contribution in [3.8, 4) is 0 Å². The minimum absolute atomic E-state index is 0. The molecule has 1 amide bonds. The Morgan fingerprint density at radius 1 is 1.33 bits per heavy atom. The van der Waals surface area contributed by atoms with Gasteiger partial charge in [-0.3, -0.25) is 5.32 Å². The number of nitrogens with one attached hydrogen (secondary N) is 1. The Morgan fingerprint density at radius 3 is 2.24 bits per heavy atom. The minimum atomic E-state index is -0.519. The van der Waals surface area contributed by atoms with Gasteiger partial charge in [0.15, 0.2) is 0 Å². The van der Waals surface area contributed by atoms with Crippen LogP contribution in [0.4, 0.5) is 10.5 Å². The van der Waals surface area contributed by atoms with E-state index in [9.17, 15) is 4.79 Å². The number of nitrogens with zero attached hydrogens (tertiary/aromatic N) is 1. The number of pyridine rings is 1. The third-order valence-electron chi connectivity index (χ3n) is 1.78. The van der Waals surface area contributed by atoms with Gasteiger partial charge in [-0.15, -0.1) is 0 Å². The van der Waals surface area contributed by atoms with E-state index in [1.807, 2.05) is 0 Å². The molecule has 1 N–H and O–H groups in total. The molecule has 0 aliphatic carbocycles. The fourth-order valence-electron chi connectivity index (χ4n) is 1.06. The molecule has 0 fully saturated rings. The van der Waals surface area contributed by atoms with E-state index >= 15 is 0 Å². The first-order valence-corrected chi connectivity index (χ1v) is 6.78. The summed E-state index contributed by atoms with van der Waals surface area (Å²) in [7, 11) is 0. The molecule has 4 nitrogen and oxygen atoms in total. The number of carbonyl (C=O) groups excluding carboxylic acids is 1. The molecule has 0 saturated heterocycles. The molecule has 1 aromatic heterocycles. The zero-order valence-electron chi connectivity index (χ0n) is 14.3. The Balaban J connectivity index is 0. The average Bonchev–Trinajstić information content (AvgIpc) is 2.21. The first-order chi connectivity index (χ1) is 9.03. The molecular formula is C15H24ClLiN2O2. The van der Waals surface area contributed by atoms with Crippen LogP contribution in [0.2, 0.25) is 5.15 Å². The van der Waals surface area contributed by atoms with Crippen LogP contribution in [0, 0.1) is 12.8 Å². The van der Waals surface area contributed by atoms with Gasteiger partial charge in [0.25, 0.3) is 0 Å². The van der Waals surface area contributed by atoms with Crippen molar-refractivity contribution in [2.24, 2.45) is 0 Å². The number of rotatable bonds is 1. The van der Waals surface area contributed by atoms with Crippen LogP contribution < -0.4 is 24.2 Å². The van der Waals surface area contributed by atoms with E-state index in [4.69, 9.17) is 16.3 Å². The van der Waals surface area contributed by atoms with Crippen molar-refractivity contribution in [1.82, 2.24) is 4.98 Å². The number of ether oxygens (including phenoxy) is 1. The second-order valence-electron chi connectivity index (χ2n) is 5.90. The van der Waals surface area contributed by atoms with Gasteiger partial charge < -0.3 is 10.7 Å². The SMILES string of the molecule is C[C-](C)C.Cc1c(NC(=O)OC(C)(C)C)ccnc1Cl.[Li+]. The molecule has 0 unspecified atom stereocenters. The number of hydrogen-bond donors (Lipinski definition) is 1. The molecule has 0 aliphatic rings. The smallest absolute Gasteiger partial charge is 0.444 e. The predicted octanol–water partition coefficient (Wildman–Crippen LogP) is 2.02. The molecule has 1 aromatic rings. The maximum absolute atomic E-state index is 11.5. The molecule has 0 aromatic carbocycles. The van der Waals surface area contributed by atoms with Crippen molar-refractivity contribution >= 4 is 23.4 Å². The van der Waals surface area contributed by atoms with Gasteiger partial charge >= 0.3 is 25.0 Å². The number of aromatic nitrogens is 1. The minimum Gasteiger partial charge on any atom is -0.444 e. The maximum atomic E-state index is 11.5. The second-order valence-corrected chi connectivity index (χ2v) is 6.26. The van der Waals surface area contributed by atoms with Gasteiger partial charge in [0.1, 0.15) is 10.8 Å². The Bertz CT molecular complexity index is 443. The quantitative estimate of drug-likeness (QED) is 0.490. The summed E-state index contributed by atoms with van der Waals surface area (Å²) in [5.41, 5.74) is 0.804. The van der Waals surface area contributed by atoms with Crippen molar-refractivity contribution in [3.63, 3.8) is 0 Å². The molecule has 1 heterocycles. The monoisotopic (exact) mass is 306 g/mol. The summed E-state index contributed by atoms with van der Waals surface area (Å²) in [4.78, 5) is 15.4. The summed E-state index contributed by atoms with van der Waals surface area (Å²) in [5.74, 6) is 1.42. The van der Waals surface area contributed by atoms with Crippen LogP contribution in [0.15, 0.2) is 12.3 Å². The van der Waals surface area contributed by atoms with Crippen molar-refractivity contribution < 1.29 is 28.4 Å². The molecular weight excluding hydrogens is 283 g/mol. The van der Waals surface area contributed by atoms with E-state index in [2.05, 4.69) is 31.1 Å². The van der Waals surface area contributed by atoms with E-state index in [-0.39, 0.29) is 18.9 Å². The summed E-state index contributed by atoms with van der Waals surface area (Å²) in [5, 5.41) is 2.99. The third-order valence-corrected chi connectivity index (χ3v) is 2.16. The van der Waals surface area contributed by atoms with Crippen LogP contribution in [0.5, 0.6) is 0 Å². The molecule has 0 atom stereocenters. The van der Waals surface area contributed by atoms with Gasteiger partial charge in [-0.1, -0.05) is 11.6 Å². The molecule has 0 spiro atoms. The number of amides is 1. The molecule has 0 radical (unpaired) electrons. The summed E-state index contributed by atoms with van der Waals surface area (Å²) in [6.45, 7) is 13.4. The maximum Gasteiger partial charge on any atom is 1.00 e. The Labute approximate surface area is 145 Å². The van der Waals surface area contributed by atoms with Crippen LogP contribution >= 0.6 is 11.6 Å². The van der Waals surface area contributed by atoms with Gasteiger partial charge in [0.2, 0.25) is 0 Å². The van der Waals surface area contributed by atoms with E-state index < -0.39 is 11.7 Å². The van der Waals surface area contributed by atoms with Crippen LogP contribution in [0.1, 0.15) is 47.1 Å². The van der Waals surface area contributed by atoms with Crippen molar-refractivity contribution in [1.29, 1.82) is 0 Å². The van der Waals surface area contributed by atoms with E-state index in [0.29, 0.717) is 10.8 Å². The van der Waals surface area contributed by atoms with Crippen molar-refractivity contribution in [3.05, 3.63) is 28.9 Å². The van der Waals surface area contributed by atoms with E-state index in [1.54, 1.807) is 33.8 Å². The van der Waals surface area contributed by atoms with Gasteiger partial charge in [0, 0.05) is 11.8 Å². The zero-order chi connectivity index (χ0) is 15.9. The molecule has 21 heavy (non-hydrogen) atoms. The van der Waals surface area contributed by atoms with Crippen LogP contribution in [-0.2, 0) is 4.74 Å². The first kappa shape index (κ1) is 22.6. The zero-order valence-corrected chi connectivity index (χ0v) is 15.1. The van der Waals surface area contributed by atoms with Crippen LogP contribution in [-0.4, -0.2) is 16.7 Å². The third kappa shape index (κ3) is 11.6. The van der Waals surface area contributed by atoms with Gasteiger partial charge in [-0.25, -0.2) is 9.78 Å². The summed E-state index contributed by atoms with van der Waals surface area (Å²) in [6.07, 6.45) is 1.03. The normalized spacial score (nSPS) is 10.1. The summed E-state index contributed by atoms with van der Waals surface area (Å²) in [6, 6.07) is 1.67. The fraction of sp³-hybridized carbons (Fsp3) is 0.533. The fourth-order valence-corrected chi connectivity index (χ4v) is 1.22. The van der Waals surface area contributed by atoms with Crippen molar-refractivity contribution in [2.75, 3.05) is 5.32 Å². The van der Waals surface area contributed by atoms with Gasteiger partial charge in [-0.05, 0) is 33.8 Å². The van der Waals surface area contributed by atoms with Gasteiger partial charge in [-0.2, -0.15) is 20.8 Å². The number of halogens is 1. The average molecular weight is 307 g/mol. The number of carbonyl (C=O) groups is 1. The van der Waals surface area contributed by atoms with Crippen LogP contribution in [0.3, 0.4) is 0 Å². The molecule has 1 rings (SSSR count). The molecule has 0 bridgehead atoms. The first-order valence-electron chi connectivity index (χ1n) is 6.41. The van der Waals surface area contributed by atoms with E-state index in [0.717, 1.165) is 5.56 Å². The largest absolute Gasteiger partial charge is 1.00 e. The second kappa shape index (κ2) is 10.1. The van der Waals surface area contributed by atoms with Crippen molar-refractivity contribution in [2.45, 2.75) is 54.1 Å². The molecule has 114 valence electrons. The molecule has 0 aliphatic heterocycles. The predicted molar refractivity (Wildman–Crippen MR) is 84.1 cm³/mol.